The predicted octanol–water partition coefficient (Wildman–Crippen LogP) is 2.11. The van der Waals surface area contributed by atoms with Crippen molar-refractivity contribution >= 4 is 11.6 Å². The Bertz CT molecular complexity index is 326. The maximum Gasteiger partial charge on any atom is 0.200 e. The molecule has 0 aliphatic rings. The molecule has 1 aromatic rings. The van der Waals surface area contributed by atoms with E-state index in [9.17, 15) is 0 Å². The number of hydrogen-bond acceptors (Lipinski definition) is 1. The number of hydrogen-bond donors (Lipinski definition) is 0. The molecule has 0 spiro atoms. The van der Waals surface area contributed by atoms with Gasteiger partial charge in [-0.25, -0.2) is 4.99 Å². The minimum atomic E-state index is 0.943. The van der Waals surface area contributed by atoms with Gasteiger partial charge in [-0.15, -0.1) is 0 Å². The molecule has 0 bridgehead atoms. The summed E-state index contributed by atoms with van der Waals surface area (Å²) in [5.41, 5.74) is 2.24. The lowest BCUT2D eigenvalue weighted by atomic mass is 10.2. The van der Waals surface area contributed by atoms with Crippen LogP contribution < -0.4 is 0 Å². The molecule has 15 heavy (non-hydrogen) atoms. The van der Waals surface area contributed by atoms with E-state index in [0.29, 0.717) is 0 Å². The van der Waals surface area contributed by atoms with Crippen LogP contribution in [-0.4, -0.2) is 44.0 Å². The van der Waals surface area contributed by atoms with E-state index < -0.39 is 0 Å². The zero-order valence-corrected chi connectivity index (χ0v) is 10.2. The van der Waals surface area contributed by atoms with Gasteiger partial charge in [0.25, 0.3) is 0 Å². The molecule has 0 aliphatic carbocycles. The Labute approximate surface area is 92.0 Å². The van der Waals surface area contributed by atoms with Gasteiger partial charge in [-0.05, 0) is 19.1 Å². The molecule has 0 radical (unpaired) electrons. The molecular weight excluding hydrogens is 186 g/mol. The van der Waals surface area contributed by atoms with Gasteiger partial charge in [0.2, 0.25) is 5.96 Å². The van der Waals surface area contributed by atoms with E-state index in [-0.39, 0.29) is 0 Å². The van der Waals surface area contributed by atoms with Crippen molar-refractivity contribution in [3.05, 3.63) is 29.8 Å². The van der Waals surface area contributed by atoms with Crippen molar-refractivity contribution in [2.75, 3.05) is 28.2 Å². The van der Waals surface area contributed by atoms with Crippen LogP contribution in [0.4, 0.5) is 5.69 Å². The van der Waals surface area contributed by atoms with Crippen molar-refractivity contribution < 1.29 is 0 Å². The first-order chi connectivity index (χ1) is 7.00. The molecule has 3 nitrogen and oxygen atoms in total. The van der Waals surface area contributed by atoms with Crippen LogP contribution >= 0.6 is 0 Å². The second-order valence-electron chi connectivity index (χ2n) is 4.04. The molecule has 82 valence electrons. The van der Waals surface area contributed by atoms with Gasteiger partial charge in [-0.2, -0.15) is 0 Å². The third-order valence-corrected chi connectivity index (χ3v) is 2.06. The molecule has 0 saturated heterocycles. The Kier molecular flexibility index (Phi) is 3.72. The molecule has 1 rings (SSSR count). The Hall–Kier alpha value is -1.51. The zero-order chi connectivity index (χ0) is 11.4. The third-order valence-electron chi connectivity index (χ3n) is 2.06. The van der Waals surface area contributed by atoms with Crippen molar-refractivity contribution in [1.29, 1.82) is 0 Å². The van der Waals surface area contributed by atoms with Crippen molar-refractivity contribution in [1.82, 2.24) is 9.80 Å². The van der Waals surface area contributed by atoms with Crippen LogP contribution in [-0.2, 0) is 0 Å². The molecular formula is C12H19N3. The standard InChI is InChI=1S/C12H19N3/c1-10-6-8-11(9-7-10)13-12(14(2)3)15(4)5/h6-9H,1-5H3. The smallest absolute Gasteiger partial charge is 0.200 e. The van der Waals surface area contributed by atoms with E-state index in [0.717, 1.165) is 11.6 Å². The Morgan fingerprint density at radius 1 is 0.933 bits per heavy atom. The molecule has 0 atom stereocenters. The summed E-state index contributed by atoms with van der Waals surface area (Å²) < 4.78 is 0. The fourth-order valence-corrected chi connectivity index (χ4v) is 1.33. The van der Waals surface area contributed by atoms with Crippen molar-refractivity contribution in [3.8, 4) is 0 Å². The van der Waals surface area contributed by atoms with Crippen LogP contribution in [0.25, 0.3) is 0 Å². The number of guanidine groups is 1. The average molecular weight is 205 g/mol. The first-order valence-electron chi connectivity index (χ1n) is 5.00. The van der Waals surface area contributed by atoms with Gasteiger partial charge >= 0.3 is 0 Å². The summed E-state index contributed by atoms with van der Waals surface area (Å²) in [6.45, 7) is 2.08. The summed E-state index contributed by atoms with van der Waals surface area (Å²) in [4.78, 5) is 8.57. The van der Waals surface area contributed by atoms with Crippen molar-refractivity contribution in [2.24, 2.45) is 4.99 Å². The molecule has 0 amide bonds. The van der Waals surface area contributed by atoms with Gasteiger partial charge in [0.1, 0.15) is 0 Å². The van der Waals surface area contributed by atoms with E-state index in [4.69, 9.17) is 0 Å². The van der Waals surface area contributed by atoms with E-state index in [1.54, 1.807) is 0 Å². The minimum Gasteiger partial charge on any atom is -0.349 e. The Morgan fingerprint density at radius 3 is 1.80 bits per heavy atom. The topological polar surface area (TPSA) is 18.8 Å². The van der Waals surface area contributed by atoms with Gasteiger partial charge < -0.3 is 9.80 Å². The van der Waals surface area contributed by atoms with Gasteiger partial charge in [0, 0.05) is 28.2 Å². The number of aryl methyl sites for hydroxylation is 1. The molecule has 0 aliphatic heterocycles. The van der Waals surface area contributed by atoms with Crippen molar-refractivity contribution in [2.45, 2.75) is 6.92 Å². The van der Waals surface area contributed by atoms with Gasteiger partial charge in [0.05, 0.1) is 5.69 Å². The Morgan fingerprint density at radius 2 is 1.40 bits per heavy atom. The predicted molar refractivity (Wildman–Crippen MR) is 65.6 cm³/mol. The fourth-order valence-electron chi connectivity index (χ4n) is 1.33. The van der Waals surface area contributed by atoms with Gasteiger partial charge in [-0.3, -0.25) is 0 Å². The number of rotatable bonds is 1. The second kappa shape index (κ2) is 4.82. The summed E-state index contributed by atoms with van der Waals surface area (Å²) in [7, 11) is 7.97. The summed E-state index contributed by atoms with van der Waals surface area (Å²) in [5.74, 6) is 0.943. The highest BCUT2D eigenvalue weighted by atomic mass is 15.3. The summed E-state index contributed by atoms with van der Waals surface area (Å²) in [5, 5.41) is 0. The number of aliphatic imine (C=N–C) groups is 1. The third kappa shape index (κ3) is 3.27. The lowest BCUT2D eigenvalue weighted by Crippen LogP contribution is -2.35. The number of benzene rings is 1. The maximum absolute atomic E-state index is 4.57. The molecule has 1 aromatic carbocycles. The molecule has 0 heterocycles. The maximum atomic E-state index is 4.57. The van der Waals surface area contributed by atoms with Crippen LogP contribution in [0.2, 0.25) is 0 Å². The van der Waals surface area contributed by atoms with Gasteiger partial charge in [-0.1, -0.05) is 17.7 Å². The first-order valence-corrected chi connectivity index (χ1v) is 5.00. The normalized spacial score (nSPS) is 9.67. The summed E-state index contributed by atoms with van der Waals surface area (Å²) in [6.07, 6.45) is 0. The van der Waals surface area contributed by atoms with E-state index in [1.165, 1.54) is 5.56 Å². The van der Waals surface area contributed by atoms with Gasteiger partial charge in [0.15, 0.2) is 0 Å². The molecule has 0 fully saturated rings. The molecule has 0 N–H and O–H groups in total. The van der Waals surface area contributed by atoms with Crippen LogP contribution in [0.3, 0.4) is 0 Å². The molecule has 0 aromatic heterocycles. The second-order valence-corrected chi connectivity index (χ2v) is 4.04. The summed E-state index contributed by atoms with van der Waals surface area (Å²) in [6, 6.07) is 8.20. The van der Waals surface area contributed by atoms with Crippen LogP contribution in [0.15, 0.2) is 29.3 Å². The van der Waals surface area contributed by atoms with E-state index in [1.807, 2.05) is 50.1 Å². The van der Waals surface area contributed by atoms with Crippen LogP contribution in [0.1, 0.15) is 5.56 Å². The van der Waals surface area contributed by atoms with E-state index in [2.05, 4.69) is 24.0 Å². The fraction of sp³-hybridized carbons (Fsp3) is 0.417. The molecule has 3 heteroatoms. The zero-order valence-electron chi connectivity index (χ0n) is 10.2. The first kappa shape index (κ1) is 11.6. The van der Waals surface area contributed by atoms with Crippen LogP contribution in [0, 0.1) is 6.92 Å². The lowest BCUT2D eigenvalue weighted by molar-refractivity contribution is 0.484. The number of nitrogens with zero attached hydrogens (tertiary/aromatic N) is 3. The van der Waals surface area contributed by atoms with Crippen molar-refractivity contribution in [3.63, 3.8) is 0 Å². The Balaban J connectivity index is 2.97. The quantitative estimate of drug-likeness (QED) is 0.516. The minimum absolute atomic E-state index is 0.943. The highest BCUT2D eigenvalue weighted by molar-refractivity contribution is 5.81. The van der Waals surface area contributed by atoms with Crippen LogP contribution in [0.5, 0.6) is 0 Å². The largest absolute Gasteiger partial charge is 0.349 e. The SMILES string of the molecule is Cc1ccc(N=C(N(C)C)N(C)C)cc1. The lowest BCUT2D eigenvalue weighted by Gasteiger charge is -2.22. The monoisotopic (exact) mass is 205 g/mol. The van der Waals surface area contributed by atoms with E-state index >= 15 is 0 Å². The summed E-state index contributed by atoms with van der Waals surface area (Å²) >= 11 is 0. The highest BCUT2D eigenvalue weighted by Crippen LogP contribution is 2.13. The molecule has 0 saturated carbocycles. The highest BCUT2D eigenvalue weighted by Gasteiger charge is 2.03. The molecule has 0 unspecified atom stereocenters. The average Bonchev–Trinajstić information content (AvgIpc) is 2.15.